The quantitative estimate of drug-likeness (QED) is 0.650. The van der Waals surface area contributed by atoms with E-state index in [2.05, 4.69) is 0 Å². The Labute approximate surface area is 79.8 Å². The largest absolute Gasteiger partial charge is 0.311 e. The first-order valence-corrected chi connectivity index (χ1v) is 4.27. The maximum Gasteiger partial charge on any atom is 0.311 e. The van der Waals surface area contributed by atoms with Gasteiger partial charge in [-0.25, -0.2) is 0 Å². The number of hydrogen-bond donors (Lipinski definition) is 0. The summed E-state index contributed by atoms with van der Waals surface area (Å²) in [5.41, 5.74) is 1.53. The molecule has 0 spiro atoms. The summed E-state index contributed by atoms with van der Waals surface area (Å²) in [6.45, 7) is 1.91. The molecule has 3 heteroatoms. The number of allylic oxidation sites excluding steroid dienone is 2. The lowest BCUT2D eigenvalue weighted by molar-refractivity contribution is 0.155. The summed E-state index contributed by atoms with van der Waals surface area (Å²) in [6.07, 6.45) is 0. The third-order valence-electron chi connectivity index (χ3n) is 2.09. The average Bonchev–Trinajstić information content (AvgIpc) is 2.55. The summed E-state index contributed by atoms with van der Waals surface area (Å²) in [5.74, 6) is -2.88. The van der Waals surface area contributed by atoms with E-state index in [1.54, 1.807) is 24.3 Å². The van der Waals surface area contributed by atoms with Crippen LogP contribution in [0.3, 0.4) is 0 Å². The summed E-state index contributed by atoms with van der Waals surface area (Å²) in [6, 6.07) is 6.91. The lowest BCUT2D eigenvalue weighted by Crippen LogP contribution is -1.94. The Hall–Kier alpha value is -0.890. The van der Waals surface area contributed by atoms with Crippen LogP contribution in [-0.2, 0) is 0 Å². The van der Waals surface area contributed by atoms with Crippen LogP contribution < -0.4 is 0 Å². The van der Waals surface area contributed by atoms with Gasteiger partial charge in [0, 0.05) is 0 Å². The van der Waals surface area contributed by atoms with Gasteiger partial charge in [-0.05, 0) is 12.5 Å². The number of hydrogen-bond acceptors (Lipinski definition) is 0. The van der Waals surface area contributed by atoms with Gasteiger partial charge in [-0.3, -0.25) is 0 Å². The van der Waals surface area contributed by atoms with Crippen LogP contribution in [0, 0.1) is 6.92 Å². The molecule has 2 rings (SSSR count). The molecule has 0 heterocycles. The topological polar surface area (TPSA) is 0 Å². The van der Waals surface area contributed by atoms with Crippen LogP contribution >= 0.6 is 11.6 Å². The molecule has 0 fully saturated rings. The Morgan fingerprint density at radius 1 is 1.15 bits per heavy atom. The fourth-order valence-electron chi connectivity index (χ4n) is 1.24. The minimum atomic E-state index is -2.88. The standard InChI is InChI=1S/C10H7ClF2/c1-6-2-4-7(5-3-6)8-9(11)10(8,12)13/h2-5H,1H3. The van der Waals surface area contributed by atoms with Crippen molar-refractivity contribution in [3.8, 4) is 0 Å². The van der Waals surface area contributed by atoms with Crippen molar-refractivity contribution in [2.24, 2.45) is 0 Å². The van der Waals surface area contributed by atoms with E-state index in [0.29, 0.717) is 5.56 Å². The highest BCUT2D eigenvalue weighted by Gasteiger charge is 2.55. The number of aryl methyl sites for hydroxylation is 1. The first-order chi connectivity index (χ1) is 6.03. The first kappa shape index (κ1) is 8.70. The molecule has 1 aliphatic carbocycles. The predicted octanol–water partition coefficient (Wildman–Crippen LogP) is 3.59. The van der Waals surface area contributed by atoms with Crippen LogP contribution in [0.4, 0.5) is 8.78 Å². The third kappa shape index (κ3) is 1.25. The Kier molecular flexibility index (Phi) is 1.70. The van der Waals surface area contributed by atoms with Crippen LogP contribution in [0.2, 0.25) is 0 Å². The monoisotopic (exact) mass is 200 g/mol. The zero-order chi connectivity index (χ0) is 9.64. The Morgan fingerprint density at radius 2 is 1.62 bits per heavy atom. The van der Waals surface area contributed by atoms with E-state index in [-0.39, 0.29) is 10.6 Å². The molecule has 1 aliphatic rings. The van der Waals surface area contributed by atoms with Crippen LogP contribution in [0.15, 0.2) is 29.3 Å². The fourth-order valence-corrected chi connectivity index (χ4v) is 1.51. The van der Waals surface area contributed by atoms with Gasteiger partial charge in [0.25, 0.3) is 0 Å². The van der Waals surface area contributed by atoms with Gasteiger partial charge in [0.2, 0.25) is 0 Å². The molecule has 0 N–H and O–H groups in total. The number of rotatable bonds is 1. The molecule has 0 saturated carbocycles. The molecule has 68 valence electrons. The maximum atomic E-state index is 12.8. The van der Waals surface area contributed by atoms with Crippen LogP contribution in [0.1, 0.15) is 11.1 Å². The third-order valence-corrected chi connectivity index (χ3v) is 2.51. The molecular weight excluding hydrogens is 194 g/mol. The van der Waals surface area contributed by atoms with E-state index in [1.807, 2.05) is 6.92 Å². The van der Waals surface area contributed by atoms with Gasteiger partial charge in [0.05, 0.1) is 5.57 Å². The predicted molar refractivity (Wildman–Crippen MR) is 48.9 cm³/mol. The highest BCUT2D eigenvalue weighted by molar-refractivity contribution is 6.40. The summed E-state index contributed by atoms with van der Waals surface area (Å²) in [5, 5.41) is -0.323. The molecule has 0 nitrogen and oxygen atoms in total. The molecule has 0 saturated heterocycles. The second-order valence-electron chi connectivity index (χ2n) is 3.13. The molecule has 0 amide bonds. The summed E-state index contributed by atoms with van der Waals surface area (Å²) < 4.78 is 25.5. The minimum Gasteiger partial charge on any atom is -0.195 e. The molecule has 0 bridgehead atoms. The van der Waals surface area contributed by atoms with Crippen LogP contribution in [-0.4, -0.2) is 5.92 Å². The average molecular weight is 201 g/mol. The van der Waals surface area contributed by atoms with Crippen LogP contribution in [0.5, 0.6) is 0 Å². The zero-order valence-electron chi connectivity index (χ0n) is 6.94. The lowest BCUT2D eigenvalue weighted by atomic mass is 10.1. The summed E-state index contributed by atoms with van der Waals surface area (Å²) in [4.78, 5) is 0. The summed E-state index contributed by atoms with van der Waals surface area (Å²) >= 11 is 5.35. The Bertz CT molecular complexity index is 376. The SMILES string of the molecule is Cc1ccc(C2=C(Cl)C2(F)F)cc1. The Balaban J connectivity index is 2.35. The maximum absolute atomic E-state index is 12.8. The van der Waals surface area contributed by atoms with Crippen molar-refractivity contribution in [2.75, 3.05) is 0 Å². The van der Waals surface area contributed by atoms with Gasteiger partial charge >= 0.3 is 5.92 Å². The van der Waals surface area contributed by atoms with Crippen molar-refractivity contribution < 1.29 is 8.78 Å². The van der Waals surface area contributed by atoms with Crippen molar-refractivity contribution in [1.82, 2.24) is 0 Å². The highest BCUT2D eigenvalue weighted by Crippen LogP contribution is 2.57. The van der Waals surface area contributed by atoms with E-state index >= 15 is 0 Å². The Morgan fingerprint density at radius 3 is 2.00 bits per heavy atom. The summed E-state index contributed by atoms with van der Waals surface area (Å²) in [7, 11) is 0. The number of benzene rings is 1. The van der Waals surface area contributed by atoms with E-state index in [4.69, 9.17) is 11.6 Å². The van der Waals surface area contributed by atoms with Crippen LogP contribution in [0.25, 0.3) is 5.57 Å². The van der Waals surface area contributed by atoms with Crippen molar-refractivity contribution >= 4 is 17.2 Å². The number of halogens is 3. The second-order valence-corrected chi connectivity index (χ2v) is 3.51. The molecule has 0 atom stereocenters. The molecular formula is C10H7ClF2. The van der Waals surface area contributed by atoms with Gasteiger partial charge in [0.15, 0.2) is 0 Å². The van der Waals surface area contributed by atoms with Crippen molar-refractivity contribution in [3.05, 3.63) is 40.4 Å². The molecule has 1 aromatic carbocycles. The van der Waals surface area contributed by atoms with E-state index in [0.717, 1.165) is 5.56 Å². The van der Waals surface area contributed by atoms with Crippen molar-refractivity contribution in [2.45, 2.75) is 12.8 Å². The highest BCUT2D eigenvalue weighted by atomic mass is 35.5. The molecule has 0 aliphatic heterocycles. The normalized spacial score (nSPS) is 19.1. The van der Waals surface area contributed by atoms with Gasteiger partial charge in [-0.1, -0.05) is 41.4 Å². The van der Waals surface area contributed by atoms with Gasteiger partial charge < -0.3 is 0 Å². The van der Waals surface area contributed by atoms with Gasteiger partial charge in [-0.15, -0.1) is 0 Å². The molecule has 13 heavy (non-hydrogen) atoms. The van der Waals surface area contributed by atoms with Crippen molar-refractivity contribution in [3.63, 3.8) is 0 Å². The molecule has 1 aromatic rings. The molecule has 0 unspecified atom stereocenters. The first-order valence-electron chi connectivity index (χ1n) is 3.89. The lowest BCUT2D eigenvalue weighted by Gasteiger charge is -1.97. The van der Waals surface area contributed by atoms with E-state index < -0.39 is 5.92 Å². The zero-order valence-corrected chi connectivity index (χ0v) is 7.70. The van der Waals surface area contributed by atoms with Gasteiger partial charge in [0.1, 0.15) is 5.03 Å². The van der Waals surface area contributed by atoms with Crippen molar-refractivity contribution in [1.29, 1.82) is 0 Å². The number of alkyl halides is 2. The second kappa shape index (κ2) is 2.55. The fraction of sp³-hybridized carbons (Fsp3) is 0.200. The molecule has 0 radical (unpaired) electrons. The van der Waals surface area contributed by atoms with Gasteiger partial charge in [-0.2, -0.15) is 8.78 Å². The minimum absolute atomic E-state index is 0.0332. The smallest absolute Gasteiger partial charge is 0.195 e. The van der Waals surface area contributed by atoms with E-state index in [9.17, 15) is 8.78 Å². The molecule has 0 aromatic heterocycles. The van der Waals surface area contributed by atoms with E-state index in [1.165, 1.54) is 0 Å².